The number of nitrogens with two attached hydrogens (primary N) is 1. The van der Waals surface area contributed by atoms with E-state index in [0.717, 1.165) is 41.8 Å². The molecule has 0 amide bonds. The molecule has 16 heavy (non-hydrogen) atoms. The molecule has 1 saturated heterocycles. The zero-order valence-corrected chi connectivity index (χ0v) is 10.7. The summed E-state index contributed by atoms with van der Waals surface area (Å²) in [5.41, 5.74) is 7.68. The van der Waals surface area contributed by atoms with Crippen molar-refractivity contribution in [1.29, 1.82) is 0 Å². The predicted molar refractivity (Wildman–Crippen MR) is 67.2 cm³/mol. The van der Waals surface area contributed by atoms with Crippen LogP contribution in [0.2, 0.25) is 0 Å². The van der Waals surface area contributed by atoms with Gasteiger partial charge in [0.2, 0.25) is 0 Å². The van der Waals surface area contributed by atoms with E-state index in [-0.39, 0.29) is 0 Å². The zero-order chi connectivity index (χ0) is 11.4. The maximum atomic E-state index is 5.81. The van der Waals surface area contributed by atoms with Gasteiger partial charge in [-0.05, 0) is 46.5 Å². The second-order valence-corrected chi connectivity index (χ2v) is 4.83. The molecule has 88 valence electrons. The Morgan fingerprint density at radius 2 is 2.12 bits per heavy atom. The molecule has 4 heteroatoms. The molecule has 1 aliphatic rings. The normalized spacial score (nSPS) is 17.6. The van der Waals surface area contributed by atoms with Crippen LogP contribution in [0, 0.1) is 0 Å². The zero-order valence-electron chi connectivity index (χ0n) is 9.12. The maximum Gasteiger partial charge on any atom is 0.0721 e. The van der Waals surface area contributed by atoms with Gasteiger partial charge in [0.05, 0.1) is 12.7 Å². The van der Waals surface area contributed by atoms with Crippen molar-refractivity contribution in [3.63, 3.8) is 0 Å². The van der Waals surface area contributed by atoms with E-state index < -0.39 is 0 Å². The van der Waals surface area contributed by atoms with Gasteiger partial charge >= 0.3 is 0 Å². The monoisotopic (exact) mass is 285 g/mol. The molecule has 2 N–H and O–H groups in total. The SMILES string of the molecule is Nc1cc(COC2CCOCC2)ccc1Br. The van der Waals surface area contributed by atoms with Gasteiger partial charge in [-0.3, -0.25) is 0 Å². The highest BCUT2D eigenvalue weighted by atomic mass is 79.9. The Balaban J connectivity index is 1.86. The van der Waals surface area contributed by atoms with Crippen LogP contribution < -0.4 is 5.73 Å². The quantitative estimate of drug-likeness (QED) is 0.869. The first-order valence-electron chi connectivity index (χ1n) is 5.49. The van der Waals surface area contributed by atoms with Crippen molar-refractivity contribution < 1.29 is 9.47 Å². The maximum absolute atomic E-state index is 5.81. The number of hydrogen-bond donors (Lipinski definition) is 1. The van der Waals surface area contributed by atoms with Crippen LogP contribution in [0.15, 0.2) is 22.7 Å². The lowest BCUT2D eigenvalue weighted by Crippen LogP contribution is -2.23. The third-order valence-electron chi connectivity index (χ3n) is 2.71. The number of halogens is 1. The Morgan fingerprint density at radius 1 is 1.38 bits per heavy atom. The second kappa shape index (κ2) is 5.66. The molecule has 1 fully saturated rings. The minimum atomic E-state index is 0.332. The van der Waals surface area contributed by atoms with Crippen molar-refractivity contribution in [2.24, 2.45) is 0 Å². The van der Waals surface area contributed by atoms with Crippen LogP contribution in [0.4, 0.5) is 5.69 Å². The summed E-state index contributed by atoms with van der Waals surface area (Å²) >= 11 is 3.37. The van der Waals surface area contributed by atoms with E-state index in [1.807, 2.05) is 18.2 Å². The summed E-state index contributed by atoms with van der Waals surface area (Å²) in [5.74, 6) is 0. The highest BCUT2D eigenvalue weighted by molar-refractivity contribution is 9.10. The molecule has 0 atom stereocenters. The number of anilines is 1. The smallest absolute Gasteiger partial charge is 0.0721 e. The van der Waals surface area contributed by atoms with Crippen molar-refractivity contribution in [2.45, 2.75) is 25.6 Å². The molecule has 0 aliphatic carbocycles. The van der Waals surface area contributed by atoms with Crippen LogP contribution in [0.1, 0.15) is 18.4 Å². The molecule has 3 nitrogen and oxygen atoms in total. The van der Waals surface area contributed by atoms with Crippen LogP contribution in [-0.2, 0) is 16.1 Å². The Kier molecular flexibility index (Phi) is 4.21. The first kappa shape index (κ1) is 11.9. The number of nitrogen functional groups attached to an aromatic ring is 1. The largest absolute Gasteiger partial charge is 0.398 e. The number of hydrogen-bond acceptors (Lipinski definition) is 3. The summed E-state index contributed by atoms with van der Waals surface area (Å²) in [6.45, 7) is 2.25. The van der Waals surface area contributed by atoms with Crippen LogP contribution in [-0.4, -0.2) is 19.3 Å². The molecule has 1 aromatic carbocycles. The summed E-state index contributed by atoms with van der Waals surface area (Å²) in [5, 5.41) is 0. The average molecular weight is 286 g/mol. The van der Waals surface area contributed by atoms with Crippen molar-refractivity contribution in [3.05, 3.63) is 28.2 Å². The highest BCUT2D eigenvalue weighted by Gasteiger charge is 2.13. The van der Waals surface area contributed by atoms with Gasteiger partial charge in [0.25, 0.3) is 0 Å². The Labute approximate surface area is 104 Å². The molecule has 0 unspecified atom stereocenters. The average Bonchev–Trinajstić information content (AvgIpc) is 2.32. The minimum Gasteiger partial charge on any atom is -0.398 e. The number of ether oxygens (including phenoxy) is 2. The van der Waals surface area contributed by atoms with E-state index in [4.69, 9.17) is 15.2 Å². The molecule has 0 bridgehead atoms. The summed E-state index contributed by atoms with van der Waals surface area (Å²) in [7, 11) is 0. The minimum absolute atomic E-state index is 0.332. The topological polar surface area (TPSA) is 44.5 Å². The van der Waals surface area contributed by atoms with Crippen LogP contribution in [0.5, 0.6) is 0 Å². The third kappa shape index (κ3) is 3.20. The molecule has 1 aromatic rings. The van der Waals surface area contributed by atoms with Gasteiger partial charge in [0.15, 0.2) is 0 Å². The van der Waals surface area contributed by atoms with Gasteiger partial charge in [-0.25, -0.2) is 0 Å². The van der Waals surface area contributed by atoms with Gasteiger partial charge < -0.3 is 15.2 Å². The van der Waals surface area contributed by atoms with Gasteiger partial charge in [-0.2, -0.15) is 0 Å². The van der Waals surface area contributed by atoms with E-state index in [0.29, 0.717) is 12.7 Å². The van der Waals surface area contributed by atoms with E-state index in [2.05, 4.69) is 15.9 Å². The third-order valence-corrected chi connectivity index (χ3v) is 3.44. The highest BCUT2D eigenvalue weighted by Crippen LogP contribution is 2.21. The Morgan fingerprint density at radius 3 is 2.81 bits per heavy atom. The standard InChI is InChI=1S/C12H16BrNO2/c13-11-2-1-9(7-12(11)14)8-16-10-3-5-15-6-4-10/h1-2,7,10H,3-6,8,14H2. The summed E-state index contributed by atoms with van der Waals surface area (Å²) in [6.07, 6.45) is 2.32. The van der Waals surface area contributed by atoms with E-state index in [1.54, 1.807) is 0 Å². The first-order valence-corrected chi connectivity index (χ1v) is 6.28. The fourth-order valence-corrected chi connectivity index (χ4v) is 1.99. The fourth-order valence-electron chi connectivity index (χ4n) is 1.74. The predicted octanol–water partition coefficient (Wildman–Crippen LogP) is 2.73. The van der Waals surface area contributed by atoms with Gasteiger partial charge in [-0.15, -0.1) is 0 Å². The van der Waals surface area contributed by atoms with Gasteiger partial charge in [-0.1, -0.05) is 6.07 Å². The fraction of sp³-hybridized carbons (Fsp3) is 0.500. The molecule has 2 rings (SSSR count). The van der Waals surface area contributed by atoms with E-state index in [9.17, 15) is 0 Å². The van der Waals surface area contributed by atoms with E-state index in [1.165, 1.54) is 0 Å². The number of benzene rings is 1. The van der Waals surface area contributed by atoms with Crippen LogP contribution in [0.3, 0.4) is 0 Å². The lowest BCUT2D eigenvalue weighted by molar-refractivity contribution is -0.0390. The van der Waals surface area contributed by atoms with Crippen molar-refractivity contribution in [3.8, 4) is 0 Å². The molecule has 0 radical (unpaired) electrons. The second-order valence-electron chi connectivity index (χ2n) is 3.98. The Bertz CT molecular complexity index is 351. The lowest BCUT2D eigenvalue weighted by atomic mass is 10.1. The summed E-state index contributed by atoms with van der Waals surface area (Å²) in [4.78, 5) is 0. The molecule has 1 heterocycles. The van der Waals surface area contributed by atoms with Crippen molar-refractivity contribution in [1.82, 2.24) is 0 Å². The first-order chi connectivity index (χ1) is 7.75. The molecule has 1 aliphatic heterocycles. The van der Waals surface area contributed by atoms with Crippen LogP contribution in [0.25, 0.3) is 0 Å². The van der Waals surface area contributed by atoms with Crippen molar-refractivity contribution in [2.75, 3.05) is 18.9 Å². The molecular formula is C12H16BrNO2. The summed E-state index contributed by atoms with van der Waals surface area (Å²) < 4.78 is 12.0. The van der Waals surface area contributed by atoms with Gasteiger partial charge in [0, 0.05) is 23.4 Å². The van der Waals surface area contributed by atoms with Crippen molar-refractivity contribution >= 4 is 21.6 Å². The lowest BCUT2D eigenvalue weighted by Gasteiger charge is -2.22. The van der Waals surface area contributed by atoms with Gasteiger partial charge in [0.1, 0.15) is 0 Å². The molecule has 0 saturated carbocycles. The molecule has 0 spiro atoms. The van der Waals surface area contributed by atoms with Crippen LogP contribution >= 0.6 is 15.9 Å². The summed E-state index contributed by atoms with van der Waals surface area (Å²) in [6, 6.07) is 5.93. The molecule has 0 aromatic heterocycles. The number of rotatable bonds is 3. The Hall–Kier alpha value is -0.580. The van der Waals surface area contributed by atoms with E-state index >= 15 is 0 Å². The molecular weight excluding hydrogens is 270 g/mol.